The Hall–Kier alpha value is -0.460. The van der Waals surface area contributed by atoms with Crippen LogP contribution in [0.4, 0.5) is 0 Å². The lowest BCUT2D eigenvalue weighted by Crippen LogP contribution is -1.73. The first-order valence-electron chi connectivity index (χ1n) is 3.63. The Balaban J connectivity index is 3.00. The standard InChI is InChI=1S/C8H16O/c1-3-4-5-6-7-8(2)9/h7,9H,3-6H2,1-2H3/b8-7-. The van der Waals surface area contributed by atoms with Gasteiger partial charge in [0.25, 0.3) is 0 Å². The highest BCUT2D eigenvalue weighted by Crippen LogP contribution is 2.00. The first-order chi connectivity index (χ1) is 4.27. The number of allylic oxidation sites excluding steroid dienone is 2. The van der Waals surface area contributed by atoms with Crippen molar-refractivity contribution in [2.75, 3.05) is 0 Å². The number of unbranched alkanes of at least 4 members (excludes halogenated alkanes) is 3. The summed E-state index contributed by atoms with van der Waals surface area (Å²) >= 11 is 0. The molecule has 0 amide bonds. The van der Waals surface area contributed by atoms with Crippen molar-refractivity contribution < 1.29 is 5.11 Å². The Labute approximate surface area is 57.4 Å². The van der Waals surface area contributed by atoms with Crippen molar-refractivity contribution in [3.63, 3.8) is 0 Å². The van der Waals surface area contributed by atoms with Gasteiger partial charge in [0.15, 0.2) is 0 Å². The molecule has 0 radical (unpaired) electrons. The van der Waals surface area contributed by atoms with Crippen molar-refractivity contribution in [3.8, 4) is 0 Å². The topological polar surface area (TPSA) is 20.2 Å². The summed E-state index contributed by atoms with van der Waals surface area (Å²) < 4.78 is 0. The molecule has 0 saturated carbocycles. The van der Waals surface area contributed by atoms with Crippen LogP contribution in [-0.2, 0) is 0 Å². The van der Waals surface area contributed by atoms with Gasteiger partial charge >= 0.3 is 0 Å². The van der Waals surface area contributed by atoms with Crippen molar-refractivity contribution >= 4 is 0 Å². The largest absolute Gasteiger partial charge is 0.513 e. The average molecular weight is 128 g/mol. The van der Waals surface area contributed by atoms with Crippen LogP contribution in [0.1, 0.15) is 39.5 Å². The molecular formula is C8H16O. The molecule has 0 saturated heterocycles. The zero-order chi connectivity index (χ0) is 7.11. The summed E-state index contributed by atoms with van der Waals surface area (Å²) in [7, 11) is 0. The lowest BCUT2D eigenvalue weighted by Gasteiger charge is -1.91. The van der Waals surface area contributed by atoms with Crippen LogP contribution in [-0.4, -0.2) is 5.11 Å². The van der Waals surface area contributed by atoms with Crippen LogP contribution in [0.25, 0.3) is 0 Å². The molecular weight excluding hydrogens is 112 g/mol. The molecule has 0 aromatic rings. The summed E-state index contributed by atoms with van der Waals surface area (Å²) in [6, 6.07) is 0. The Bertz CT molecular complexity index is 80.6. The van der Waals surface area contributed by atoms with Gasteiger partial charge in [0.1, 0.15) is 0 Å². The second-order valence-electron chi connectivity index (χ2n) is 2.34. The van der Waals surface area contributed by atoms with Crippen LogP contribution < -0.4 is 0 Å². The lowest BCUT2D eigenvalue weighted by atomic mass is 10.2. The van der Waals surface area contributed by atoms with E-state index in [1.54, 1.807) is 6.92 Å². The van der Waals surface area contributed by atoms with E-state index in [-0.39, 0.29) is 0 Å². The highest BCUT2D eigenvalue weighted by molar-refractivity contribution is 4.84. The molecule has 0 heterocycles. The molecule has 0 bridgehead atoms. The Morgan fingerprint density at radius 1 is 1.44 bits per heavy atom. The first kappa shape index (κ1) is 8.54. The maximum atomic E-state index is 8.71. The van der Waals surface area contributed by atoms with Gasteiger partial charge in [0.2, 0.25) is 0 Å². The second kappa shape index (κ2) is 5.67. The van der Waals surface area contributed by atoms with Crippen LogP contribution in [0.2, 0.25) is 0 Å². The Morgan fingerprint density at radius 3 is 2.56 bits per heavy atom. The Morgan fingerprint density at radius 2 is 2.11 bits per heavy atom. The quantitative estimate of drug-likeness (QED) is 0.455. The number of hydrogen-bond acceptors (Lipinski definition) is 1. The number of rotatable bonds is 4. The van der Waals surface area contributed by atoms with Crippen LogP contribution in [0, 0.1) is 0 Å². The summed E-state index contributed by atoms with van der Waals surface area (Å²) in [4.78, 5) is 0. The maximum absolute atomic E-state index is 8.71. The van der Waals surface area contributed by atoms with E-state index in [1.807, 2.05) is 6.08 Å². The molecule has 0 fully saturated rings. The summed E-state index contributed by atoms with van der Waals surface area (Å²) in [6.07, 6.45) is 6.61. The molecule has 1 heteroatoms. The monoisotopic (exact) mass is 128 g/mol. The van der Waals surface area contributed by atoms with Crippen molar-refractivity contribution in [2.45, 2.75) is 39.5 Å². The van der Waals surface area contributed by atoms with Crippen LogP contribution >= 0.6 is 0 Å². The van der Waals surface area contributed by atoms with Crippen LogP contribution in [0.15, 0.2) is 11.8 Å². The third-order valence-corrected chi connectivity index (χ3v) is 1.25. The van der Waals surface area contributed by atoms with Crippen molar-refractivity contribution in [3.05, 3.63) is 11.8 Å². The number of aliphatic hydroxyl groups excluding tert-OH is 1. The third kappa shape index (κ3) is 7.54. The highest BCUT2D eigenvalue weighted by Gasteiger charge is 1.82. The van der Waals surface area contributed by atoms with Gasteiger partial charge in [-0.25, -0.2) is 0 Å². The van der Waals surface area contributed by atoms with E-state index in [9.17, 15) is 0 Å². The van der Waals surface area contributed by atoms with Gasteiger partial charge in [0, 0.05) is 0 Å². The van der Waals surface area contributed by atoms with Crippen LogP contribution in [0.3, 0.4) is 0 Å². The summed E-state index contributed by atoms with van der Waals surface area (Å²) in [6.45, 7) is 3.89. The summed E-state index contributed by atoms with van der Waals surface area (Å²) in [5, 5.41) is 8.71. The van der Waals surface area contributed by atoms with Crippen molar-refractivity contribution in [2.24, 2.45) is 0 Å². The van der Waals surface area contributed by atoms with Gasteiger partial charge in [0.05, 0.1) is 5.76 Å². The van der Waals surface area contributed by atoms with Crippen molar-refractivity contribution in [1.29, 1.82) is 0 Å². The molecule has 1 N–H and O–H groups in total. The maximum Gasteiger partial charge on any atom is 0.0851 e. The average Bonchev–Trinajstić information content (AvgIpc) is 1.80. The zero-order valence-corrected chi connectivity index (χ0v) is 6.35. The van der Waals surface area contributed by atoms with Gasteiger partial charge < -0.3 is 5.11 Å². The molecule has 9 heavy (non-hydrogen) atoms. The zero-order valence-electron chi connectivity index (χ0n) is 6.35. The molecule has 0 spiro atoms. The molecule has 1 nitrogen and oxygen atoms in total. The fourth-order valence-electron chi connectivity index (χ4n) is 0.705. The third-order valence-electron chi connectivity index (χ3n) is 1.25. The lowest BCUT2D eigenvalue weighted by molar-refractivity contribution is 0.410. The smallest absolute Gasteiger partial charge is 0.0851 e. The van der Waals surface area contributed by atoms with E-state index in [4.69, 9.17) is 5.11 Å². The van der Waals surface area contributed by atoms with Gasteiger partial charge in [-0.15, -0.1) is 0 Å². The van der Waals surface area contributed by atoms with Gasteiger partial charge in [-0.1, -0.05) is 19.8 Å². The fraction of sp³-hybridized carbons (Fsp3) is 0.750. The van der Waals surface area contributed by atoms with Gasteiger partial charge in [-0.3, -0.25) is 0 Å². The van der Waals surface area contributed by atoms with Gasteiger partial charge in [-0.05, 0) is 25.8 Å². The molecule has 0 rings (SSSR count). The van der Waals surface area contributed by atoms with E-state index in [0.717, 1.165) is 6.42 Å². The van der Waals surface area contributed by atoms with E-state index >= 15 is 0 Å². The minimum atomic E-state index is 0.450. The van der Waals surface area contributed by atoms with E-state index in [1.165, 1.54) is 19.3 Å². The predicted molar refractivity (Wildman–Crippen MR) is 40.5 cm³/mol. The molecule has 0 aliphatic carbocycles. The van der Waals surface area contributed by atoms with E-state index in [0.29, 0.717) is 5.76 Å². The molecule has 0 aromatic carbocycles. The summed E-state index contributed by atoms with van der Waals surface area (Å²) in [5.41, 5.74) is 0. The highest BCUT2D eigenvalue weighted by atomic mass is 16.3. The van der Waals surface area contributed by atoms with Crippen molar-refractivity contribution in [1.82, 2.24) is 0 Å². The molecule has 0 unspecified atom stereocenters. The Kier molecular flexibility index (Phi) is 5.38. The van der Waals surface area contributed by atoms with E-state index < -0.39 is 0 Å². The SMILES string of the molecule is CCCCC/C=C(/C)O. The van der Waals surface area contributed by atoms with Gasteiger partial charge in [-0.2, -0.15) is 0 Å². The number of hydrogen-bond donors (Lipinski definition) is 1. The minimum absolute atomic E-state index is 0.450. The molecule has 0 aliphatic heterocycles. The molecule has 0 aliphatic rings. The number of aliphatic hydroxyl groups is 1. The molecule has 54 valence electrons. The first-order valence-corrected chi connectivity index (χ1v) is 3.63. The second-order valence-corrected chi connectivity index (χ2v) is 2.34. The van der Waals surface area contributed by atoms with E-state index in [2.05, 4.69) is 6.92 Å². The fourth-order valence-corrected chi connectivity index (χ4v) is 0.705. The minimum Gasteiger partial charge on any atom is -0.513 e. The summed E-state index contributed by atoms with van der Waals surface area (Å²) in [5.74, 6) is 0.450. The van der Waals surface area contributed by atoms with Crippen LogP contribution in [0.5, 0.6) is 0 Å². The predicted octanol–water partition coefficient (Wildman–Crippen LogP) is 3.03. The molecule has 0 aromatic heterocycles. The normalized spacial score (nSPS) is 12.0. The molecule has 0 atom stereocenters.